The van der Waals surface area contributed by atoms with E-state index < -0.39 is 0 Å². The van der Waals surface area contributed by atoms with E-state index in [9.17, 15) is 4.79 Å². The fourth-order valence-electron chi connectivity index (χ4n) is 2.46. The predicted octanol–water partition coefficient (Wildman–Crippen LogP) is 3.18. The van der Waals surface area contributed by atoms with Crippen LogP contribution in [0.3, 0.4) is 0 Å². The number of aromatic nitrogens is 4. The van der Waals surface area contributed by atoms with Crippen LogP contribution in [-0.2, 0) is 4.79 Å². The van der Waals surface area contributed by atoms with E-state index in [-0.39, 0.29) is 12.5 Å². The summed E-state index contributed by atoms with van der Waals surface area (Å²) in [6.45, 7) is 1.93. The Morgan fingerprint density at radius 2 is 2.12 bits per heavy atom. The van der Waals surface area contributed by atoms with Crippen molar-refractivity contribution < 1.29 is 9.53 Å². The second-order valence-corrected chi connectivity index (χ2v) is 6.66. The van der Waals surface area contributed by atoms with Gasteiger partial charge in [0.2, 0.25) is 4.96 Å². The molecule has 4 aromatic rings. The summed E-state index contributed by atoms with van der Waals surface area (Å²) in [4.78, 5) is 12.9. The van der Waals surface area contributed by atoms with Crippen molar-refractivity contribution in [2.24, 2.45) is 0 Å². The van der Waals surface area contributed by atoms with Crippen LogP contribution in [0.2, 0.25) is 0 Å². The summed E-state index contributed by atoms with van der Waals surface area (Å²) >= 11 is 1.43. The topological polar surface area (TPSA) is 81.4 Å². The lowest BCUT2D eigenvalue weighted by atomic mass is 10.2. The molecule has 0 aliphatic heterocycles. The van der Waals surface area contributed by atoms with Gasteiger partial charge in [0.1, 0.15) is 17.1 Å². The van der Waals surface area contributed by atoms with Crippen molar-refractivity contribution in [1.82, 2.24) is 19.8 Å². The Balaban J connectivity index is 1.43. The van der Waals surface area contributed by atoms with Gasteiger partial charge in [-0.3, -0.25) is 4.79 Å². The molecule has 2 aromatic heterocycles. The van der Waals surface area contributed by atoms with Crippen LogP contribution in [0.4, 0.5) is 5.69 Å². The molecule has 0 bridgehead atoms. The van der Waals surface area contributed by atoms with Gasteiger partial charge in [0.05, 0.1) is 0 Å². The number of aryl methyl sites for hydroxylation is 1. The zero-order valence-corrected chi connectivity index (χ0v) is 14.7. The average Bonchev–Trinajstić information content (AvgIpc) is 3.22. The molecule has 8 heteroatoms. The predicted molar refractivity (Wildman–Crippen MR) is 99.4 cm³/mol. The van der Waals surface area contributed by atoms with Gasteiger partial charge in [0.15, 0.2) is 6.61 Å². The average molecular weight is 365 g/mol. The van der Waals surface area contributed by atoms with E-state index in [1.807, 2.05) is 55.5 Å². The standard InChI is InChI=1S/C18H15N5O2S/c1-12-4-2-7-15(8-12)25-10-16(24)20-14-6-3-5-13(9-14)17-22-23-11-19-21-18(23)26-17/h2-9,11H,10H2,1H3,(H,20,24). The fourth-order valence-corrected chi connectivity index (χ4v) is 3.27. The Labute approximate surface area is 153 Å². The van der Waals surface area contributed by atoms with Crippen LogP contribution < -0.4 is 10.1 Å². The zero-order chi connectivity index (χ0) is 17.9. The minimum Gasteiger partial charge on any atom is -0.484 e. The summed E-state index contributed by atoms with van der Waals surface area (Å²) in [5.74, 6) is 0.454. The number of ether oxygens (including phenoxy) is 1. The summed E-state index contributed by atoms with van der Waals surface area (Å²) in [7, 11) is 0. The number of hydrogen-bond donors (Lipinski definition) is 1. The molecule has 0 aliphatic carbocycles. The van der Waals surface area contributed by atoms with Gasteiger partial charge in [-0.1, -0.05) is 35.6 Å². The van der Waals surface area contributed by atoms with Gasteiger partial charge < -0.3 is 10.1 Å². The number of carbonyl (C=O) groups is 1. The summed E-state index contributed by atoms with van der Waals surface area (Å²) in [6.07, 6.45) is 1.56. The Kier molecular flexibility index (Phi) is 4.32. The lowest BCUT2D eigenvalue weighted by Crippen LogP contribution is -2.20. The zero-order valence-electron chi connectivity index (χ0n) is 13.9. The van der Waals surface area contributed by atoms with E-state index in [1.54, 1.807) is 10.8 Å². The minimum atomic E-state index is -0.221. The first-order chi connectivity index (χ1) is 12.7. The van der Waals surface area contributed by atoms with Crippen molar-refractivity contribution in [3.05, 3.63) is 60.4 Å². The molecule has 0 unspecified atom stereocenters. The Morgan fingerprint density at radius 1 is 1.23 bits per heavy atom. The maximum atomic E-state index is 12.1. The van der Waals surface area contributed by atoms with E-state index in [0.29, 0.717) is 11.4 Å². The van der Waals surface area contributed by atoms with Crippen molar-refractivity contribution in [3.63, 3.8) is 0 Å². The second kappa shape index (κ2) is 6.93. The molecule has 0 atom stereocenters. The third kappa shape index (κ3) is 3.55. The number of carbonyl (C=O) groups excluding carboxylic acids is 1. The van der Waals surface area contributed by atoms with Crippen LogP contribution in [-0.4, -0.2) is 32.3 Å². The smallest absolute Gasteiger partial charge is 0.262 e. The first-order valence-corrected chi connectivity index (χ1v) is 8.76. The van der Waals surface area contributed by atoms with Gasteiger partial charge in [0, 0.05) is 11.3 Å². The normalized spacial score (nSPS) is 10.8. The highest BCUT2D eigenvalue weighted by molar-refractivity contribution is 7.19. The number of fused-ring (bicyclic) bond motifs is 1. The molecule has 130 valence electrons. The largest absolute Gasteiger partial charge is 0.484 e. The molecule has 1 N–H and O–H groups in total. The second-order valence-electron chi connectivity index (χ2n) is 5.70. The molecular formula is C18H15N5O2S. The molecule has 7 nitrogen and oxygen atoms in total. The molecule has 0 aliphatic rings. The number of benzene rings is 2. The van der Waals surface area contributed by atoms with Gasteiger partial charge >= 0.3 is 0 Å². The van der Waals surface area contributed by atoms with Gasteiger partial charge in [-0.15, -0.1) is 10.2 Å². The van der Waals surface area contributed by atoms with Crippen LogP contribution in [0.15, 0.2) is 54.9 Å². The van der Waals surface area contributed by atoms with E-state index >= 15 is 0 Å². The van der Waals surface area contributed by atoms with Crippen LogP contribution in [0.1, 0.15) is 5.56 Å². The van der Waals surface area contributed by atoms with Gasteiger partial charge in [-0.25, -0.2) is 0 Å². The first kappa shape index (κ1) is 16.2. The van der Waals surface area contributed by atoms with E-state index in [4.69, 9.17) is 4.74 Å². The molecule has 0 saturated carbocycles. The Morgan fingerprint density at radius 3 is 2.96 bits per heavy atom. The van der Waals surface area contributed by atoms with Crippen molar-refractivity contribution >= 4 is 27.9 Å². The van der Waals surface area contributed by atoms with Crippen molar-refractivity contribution in [3.8, 4) is 16.3 Å². The monoisotopic (exact) mass is 365 g/mol. The highest BCUT2D eigenvalue weighted by Crippen LogP contribution is 2.26. The van der Waals surface area contributed by atoms with E-state index in [2.05, 4.69) is 20.6 Å². The van der Waals surface area contributed by atoms with Crippen LogP contribution in [0, 0.1) is 6.92 Å². The van der Waals surface area contributed by atoms with E-state index in [1.165, 1.54) is 11.3 Å². The molecule has 26 heavy (non-hydrogen) atoms. The summed E-state index contributed by atoms with van der Waals surface area (Å²) in [6, 6.07) is 15.1. The van der Waals surface area contributed by atoms with E-state index in [0.717, 1.165) is 21.1 Å². The Bertz CT molecular complexity index is 1040. The van der Waals surface area contributed by atoms with Crippen LogP contribution in [0.25, 0.3) is 15.5 Å². The number of amides is 1. The third-order valence-electron chi connectivity index (χ3n) is 3.64. The molecular weight excluding hydrogens is 350 g/mol. The van der Waals surface area contributed by atoms with Crippen molar-refractivity contribution in [1.29, 1.82) is 0 Å². The quantitative estimate of drug-likeness (QED) is 0.587. The number of nitrogens with one attached hydrogen (secondary N) is 1. The molecule has 0 fully saturated rings. The molecule has 2 aromatic carbocycles. The summed E-state index contributed by atoms with van der Waals surface area (Å²) in [5.41, 5.74) is 2.67. The molecule has 0 spiro atoms. The first-order valence-electron chi connectivity index (χ1n) is 7.94. The van der Waals surface area contributed by atoms with Gasteiger partial charge in [0.25, 0.3) is 5.91 Å². The molecule has 4 rings (SSSR count). The Hall–Kier alpha value is -3.26. The molecule has 0 saturated heterocycles. The lowest BCUT2D eigenvalue weighted by molar-refractivity contribution is -0.118. The minimum absolute atomic E-state index is 0.0512. The fraction of sp³-hybridized carbons (Fsp3) is 0.111. The summed E-state index contributed by atoms with van der Waals surface area (Å²) in [5, 5.41) is 15.8. The molecule has 0 radical (unpaired) electrons. The number of nitrogens with zero attached hydrogens (tertiary/aromatic N) is 4. The molecule has 2 heterocycles. The van der Waals surface area contributed by atoms with Gasteiger partial charge in [-0.05, 0) is 36.8 Å². The highest BCUT2D eigenvalue weighted by atomic mass is 32.1. The lowest BCUT2D eigenvalue weighted by Gasteiger charge is -2.08. The summed E-state index contributed by atoms with van der Waals surface area (Å²) < 4.78 is 7.15. The maximum absolute atomic E-state index is 12.1. The third-order valence-corrected chi connectivity index (χ3v) is 4.60. The van der Waals surface area contributed by atoms with Crippen LogP contribution in [0.5, 0.6) is 5.75 Å². The van der Waals surface area contributed by atoms with Crippen molar-refractivity contribution in [2.75, 3.05) is 11.9 Å². The van der Waals surface area contributed by atoms with Crippen molar-refractivity contribution in [2.45, 2.75) is 6.92 Å². The highest BCUT2D eigenvalue weighted by Gasteiger charge is 2.09. The number of rotatable bonds is 5. The number of anilines is 1. The van der Waals surface area contributed by atoms with Crippen LogP contribution >= 0.6 is 11.3 Å². The SMILES string of the molecule is Cc1cccc(OCC(=O)Nc2cccc(-c3nn4cnnc4s3)c2)c1. The maximum Gasteiger partial charge on any atom is 0.262 e. The van der Waals surface area contributed by atoms with Gasteiger partial charge in [-0.2, -0.15) is 9.61 Å². The number of hydrogen-bond acceptors (Lipinski definition) is 6. The molecule has 1 amide bonds.